The Balaban J connectivity index is 1.83. The van der Waals surface area contributed by atoms with Crippen LogP contribution in [0.5, 0.6) is 0 Å². The van der Waals surface area contributed by atoms with Crippen molar-refractivity contribution < 1.29 is 9.59 Å². The lowest BCUT2D eigenvalue weighted by Gasteiger charge is -2.52. The van der Waals surface area contributed by atoms with Crippen LogP contribution < -0.4 is 5.73 Å². The Hall–Kier alpha value is -1.10. The van der Waals surface area contributed by atoms with Crippen molar-refractivity contribution in [2.45, 2.75) is 26.7 Å². The predicted molar refractivity (Wildman–Crippen MR) is 68.7 cm³/mol. The number of carbonyl (C=O) groups is 2. The van der Waals surface area contributed by atoms with Crippen molar-refractivity contribution >= 4 is 11.8 Å². The highest BCUT2D eigenvalue weighted by Gasteiger charge is 2.52. The van der Waals surface area contributed by atoms with Gasteiger partial charge in [0.2, 0.25) is 11.8 Å². The van der Waals surface area contributed by atoms with Crippen molar-refractivity contribution in [3.05, 3.63) is 0 Å². The average Bonchev–Trinajstić information content (AvgIpc) is 2.29. The first-order chi connectivity index (χ1) is 8.43. The van der Waals surface area contributed by atoms with Gasteiger partial charge >= 0.3 is 0 Å². The second-order valence-corrected chi connectivity index (χ2v) is 6.10. The number of likely N-dealkylation sites (tertiary alicyclic amines) is 2. The van der Waals surface area contributed by atoms with E-state index in [4.69, 9.17) is 5.73 Å². The minimum atomic E-state index is -0.421. The summed E-state index contributed by atoms with van der Waals surface area (Å²) < 4.78 is 0. The zero-order valence-corrected chi connectivity index (χ0v) is 11.3. The molecule has 2 heterocycles. The van der Waals surface area contributed by atoms with Crippen molar-refractivity contribution in [3.8, 4) is 0 Å². The summed E-state index contributed by atoms with van der Waals surface area (Å²) in [6, 6.07) is 0. The fourth-order valence-corrected chi connectivity index (χ4v) is 3.12. The summed E-state index contributed by atoms with van der Waals surface area (Å²) in [6.45, 7) is 8.32. The normalized spacial score (nSPS) is 23.5. The summed E-state index contributed by atoms with van der Waals surface area (Å²) in [6.07, 6.45) is 1.85. The summed E-state index contributed by atoms with van der Waals surface area (Å²) >= 11 is 0. The second kappa shape index (κ2) is 4.88. The largest absolute Gasteiger partial charge is 0.368 e. The Bertz CT molecular complexity index is 346. The van der Waals surface area contributed by atoms with Crippen molar-refractivity contribution in [2.75, 3.05) is 32.7 Å². The molecule has 2 amide bonds. The van der Waals surface area contributed by atoms with Gasteiger partial charge in [-0.05, 0) is 31.8 Å². The van der Waals surface area contributed by atoms with Gasteiger partial charge in [-0.2, -0.15) is 0 Å². The molecule has 0 bridgehead atoms. The highest BCUT2D eigenvalue weighted by molar-refractivity contribution is 5.92. The standard InChI is InChI=1S/C13H23N3O2/c1-10(2)7-15-5-3-13(4-6-15)9-16(12(13)18)8-11(14)17/h10H,3-9H2,1-2H3,(H2,14,17). The van der Waals surface area contributed by atoms with Crippen molar-refractivity contribution in [2.24, 2.45) is 17.1 Å². The van der Waals surface area contributed by atoms with Gasteiger partial charge in [0, 0.05) is 13.1 Å². The molecule has 5 heteroatoms. The molecular formula is C13H23N3O2. The van der Waals surface area contributed by atoms with E-state index in [1.54, 1.807) is 4.90 Å². The maximum atomic E-state index is 12.1. The number of β-lactam (4-membered cyclic amide) rings is 1. The van der Waals surface area contributed by atoms with Crippen LogP contribution in [0.2, 0.25) is 0 Å². The number of hydrogen-bond acceptors (Lipinski definition) is 3. The Kier molecular flexibility index (Phi) is 3.61. The van der Waals surface area contributed by atoms with Crippen LogP contribution in [0.15, 0.2) is 0 Å². The van der Waals surface area contributed by atoms with Gasteiger partial charge in [0.05, 0.1) is 12.0 Å². The molecule has 2 aliphatic heterocycles. The van der Waals surface area contributed by atoms with Gasteiger partial charge in [-0.25, -0.2) is 0 Å². The smallest absolute Gasteiger partial charge is 0.237 e. The van der Waals surface area contributed by atoms with Gasteiger partial charge in [0.1, 0.15) is 0 Å². The lowest BCUT2D eigenvalue weighted by atomic mass is 9.71. The van der Waals surface area contributed by atoms with Crippen LogP contribution in [0, 0.1) is 11.3 Å². The molecule has 2 aliphatic rings. The highest BCUT2D eigenvalue weighted by atomic mass is 16.2. The fraction of sp³-hybridized carbons (Fsp3) is 0.846. The number of amides is 2. The molecule has 0 radical (unpaired) electrons. The van der Waals surface area contributed by atoms with Crippen LogP contribution in [0.1, 0.15) is 26.7 Å². The molecule has 0 unspecified atom stereocenters. The van der Waals surface area contributed by atoms with Crippen LogP contribution in [-0.2, 0) is 9.59 Å². The van der Waals surface area contributed by atoms with Gasteiger partial charge in [-0.1, -0.05) is 13.8 Å². The van der Waals surface area contributed by atoms with Gasteiger partial charge in [0.25, 0.3) is 0 Å². The third-order valence-corrected chi connectivity index (χ3v) is 4.02. The number of nitrogens with two attached hydrogens (primary N) is 1. The van der Waals surface area contributed by atoms with Crippen molar-refractivity contribution in [1.29, 1.82) is 0 Å². The van der Waals surface area contributed by atoms with E-state index in [2.05, 4.69) is 18.7 Å². The van der Waals surface area contributed by atoms with Gasteiger partial charge in [0.15, 0.2) is 0 Å². The molecule has 2 rings (SSSR count). The molecule has 0 aliphatic carbocycles. The van der Waals surface area contributed by atoms with Gasteiger partial charge < -0.3 is 15.5 Å². The molecule has 0 atom stereocenters. The monoisotopic (exact) mass is 253 g/mol. The molecule has 2 N–H and O–H groups in total. The molecule has 1 spiro atoms. The summed E-state index contributed by atoms with van der Waals surface area (Å²) in [5, 5.41) is 0. The number of carbonyl (C=O) groups excluding carboxylic acids is 2. The topological polar surface area (TPSA) is 66.6 Å². The summed E-state index contributed by atoms with van der Waals surface area (Å²) in [5.41, 5.74) is 4.94. The van der Waals surface area contributed by atoms with E-state index in [1.165, 1.54) is 0 Å². The van der Waals surface area contributed by atoms with E-state index in [0.717, 1.165) is 32.5 Å². The molecule has 2 fully saturated rings. The first kappa shape index (κ1) is 13.3. The molecule has 0 aromatic rings. The van der Waals surface area contributed by atoms with E-state index in [0.29, 0.717) is 12.5 Å². The number of rotatable bonds is 4. The summed E-state index contributed by atoms with van der Waals surface area (Å²) in [7, 11) is 0. The van der Waals surface area contributed by atoms with Crippen LogP contribution in [0.25, 0.3) is 0 Å². The zero-order valence-electron chi connectivity index (χ0n) is 11.3. The van der Waals surface area contributed by atoms with Crippen molar-refractivity contribution in [3.63, 3.8) is 0 Å². The second-order valence-electron chi connectivity index (χ2n) is 6.10. The van der Waals surface area contributed by atoms with E-state index < -0.39 is 5.91 Å². The van der Waals surface area contributed by atoms with Crippen LogP contribution in [0.4, 0.5) is 0 Å². The number of nitrogens with zero attached hydrogens (tertiary/aromatic N) is 2. The molecule has 5 nitrogen and oxygen atoms in total. The number of piperidine rings is 1. The lowest BCUT2D eigenvalue weighted by Crippen LogP contribution is -2.65. The minimum absolute atomic E-state index is 0.0797. The number of hydrogen-bond donors (Lipinski definition) is 1. The van der Waals surface area contributed by atoms with Gasteiger partial charge in [-0.3, -0.25) is 9.59 Å². The lowest BCUT2D eigenvalue weighted by molar-refractivity contribution is -0.166. The first-order valence-corrected chi connectivity index (χ1v) is 6.73. The van der Waals surface area contributed by atoms with Crippen LogP contribution in [0.3, 0.4) is 0 Å². The maximum Gasteiger partial charge on any atom is 0.237 e. The summed E-state index contributed by atoms with van der Waals surface area (Å²) in [4.78, 5) is 26.9. The van der Waals surface area contributed by atoms with Crippen molar-refractivity contribution in [1.82, 2.24) is 9.80 Å². The van der Waals surface area contributed by atoms with Crippen LogP contribution >= 0.6 is 0 Å². The molecular weight excluding hydrogens is 230 g/mol. The van der Waals surface area contributed by atoms with Crippen LogP contribution in [-0.4, -0.2) is 54.3 Å². The fourth-order valence-electron chi connectivity index (χ4n) is 3.12. The Morgan fingerprint density at radius 2 is 2.00 bits per heavy atom. The predicted octanol–water partition coefficient (Wildman–Crippen LogP) is 0.0521. The van der Waals surface area contributed by atoms with E-state index >= 15 is 0 Å². The molecule has 2 saturated heterocycles. The SMILES string of the molecule is CC(C)CN1CCC2(CC1)CN(CC(N)=O)C2=O. The highest BCUT2D eigenvalue weighted by Crippen LogP contribution is 2.41. The minimum Gasteiger partial charge on any atom is -0.368 e. The molecule has 0 aromatic carbocycles. The Labute approximate surface area is 108 Å². The van der Waals surface area contributed by atoms with E-state index in [-0.39, 0.29) is 17.9 Å². The zero-order chi connectivity index (χ0) is 13.3. The third kappa shape index (κ3) is 2.51. The molecule has 0 saturated carbocycles. The molecule has 102 valence electrons. The number of primary amides is 1. The quantitative estimate of drug-likeness (QED) is 0.720. The van der Waals surface area contributed by atoms with E-state index in [1.807, 2.05) is 0 Å². The Morgan fingerprint density at radius 1 is 1.39 bits per heavy atom. The van der Waals surface area contributed by atoms with Gasteiger partial charge in [-0.15, -0.1) is 0 Å². The first-order valence-electron chi connectivity index (χ1n) is 6.73. The van der Waals surface area contributed by atoms with E-state index in [9.17, 15) is 9.59 Å². The molecule has 0 aromatic heterocycles. The molecule has 18 heavy (non-hydrogen) atoms. The third-order valence-electron chi connectivity index (χ3n) is 4.02. The Morgan fingerprint density at radius 3 is 2.44 bits per heavy atom. The maximum absolute atomic E-state index is 12.1. The summed E-state index contributed by atoms with van der Waals surface area (Å²) in [5.74, 6) is 0.378. The average molecular weight is 253 g/mol.